The maximum absolute atomic E-state index is 3.81. The van der Waals surface area contributed by atoms with Crippen molar-refractivity contribution < 1.29 is 0 Å². The molecular formula is C26H43N. The van der Waals surface area contributed by atoms with Crippen molar-refractivity contribution in [1.82, 2.24) is 0 Å². The Morgan fingerprint density at radius 1 is 0.852 bits per heavy atom. The third-order valence-electron chi connectivity index (χ3n) is 2.91. The van der Waals surface area contributed by atoms with Gasteiger partial charge in [0.2, 0.25) is 0 Å². The molecule has 0 heterocycles. The number of para-hydroxylation sites is 1. The van der Waals surface area contributed by atoms with Crippen LogP contribution in [0.1, 0.15) is 68.2 Å². The smallest absolute Gasteiger partial charge is 0.0455 e. The Morgan fingerprint density at radius 2 is 1.37 bits per heavy atom. The van der Waals surface area contributed by atoms with Gasteiger partial charge in [0.15, 0.2) is 0 Å². The lowest BCUT2D eigenvalue weighted by molar-refractivity contribution is 0.966. The molecule has 0 unspecified atom stereocenters. The molecule has 0 bridgehead atoms. The van der Waals surface area contributed by atoms with Crippen LogP contribution >= 0.6 is 0 Å². The highest BCUT2D eigenvalue weighted by molar-refractivity contribution is 5.58. The minimum absolute atomic E-state index is 0.942. The van der Waals surface area contributed by atoms with Gasteiger partial charge in [0.05, 0.1) is 0 Å². The van der Waals surface area contributed by atoms with Crippen LogP contribution in [0.2, 0.25) is 0 Å². The van der Waals surface area contributed by atoms with Gasteiger partial charge in [-0.25, -0.2) is 0 Å². The summed E-state index contributed by atoms with van der Waals surface area (Å²) < 4.78 is 0. The van der Waals surface area contributed by atoms with Gasteiger partial charge in [-0.2, -0.15) is 0 Å². The first-order chi connectivity index (χ1) is 13.2. The summed E-state index contributed by atoms with van der Waals surface area (Å²) in [5.41, 5.74) is 3.53. The summed E-state index contributed by atoms with van der Waals surface area (Å²) in [4.78, 5) is 2.25. The quantitative estimate of drug-likeness (QED) is 0.433. The van der Waals surface area contributed by atoms with Crippen LogP contribution in [0, 0.1) is 0 Å². The van der Waals surface area contributed by atoms with Crippen LogP contribution in [0.3, 0.4) is 0 Å². The summed E-state index contributed by atoms with van der Waals surface area (Å²) in [5.74, 6) is 0. The molecule has 0 atom stereocenters. The Balaban J connectivity index is -0.000000725. The summed E-state index contributed by atoms with van der Waals surface area (Å²) in [6.07, 6.45) is 13.9. The molecule has 0 aromatic heterocycles. The molecule has 1 aromatic rings. The zero-order valence-corrected chi connectivity index (χ0v) is 19.1. The highest BCUT2D eigenvalue weighted by Gasteiger charge is 2.11. The number of anilines is 1. The van der Waals surface area contributed by atoms with E-state index in [9.17, 15) is 0 Å². The highest BCUT2D eigenvalue weighted by atomic mass is 15.1. The van der Waals surface area contributed by atoms with E-state index in [0.717, 1.165) is 17.8 Å². The summed E-state index contributed by atoms with van der Waals surface area (Å²) in [5, 5.41) is 0. The molecule has 0 amide bonds. The van der Waals surface area contributed by atoms with Crippen molar-refractivity contribution in [3.63, 3.8) is 0 Å². The highest BCUT2D eigenvalue weighted by Crippen LogP contribution is 2.25. The Hall–Kier alpha value is -2.28. The van der Waals surface area contributed by atoms with E-state index in [-0.39, 0.29) is 0 Å². The minimum Gasteiger partial charge on any atom is -0.318 e. The molecule has 1 nitrogen and oxygen atoms in total. The maximum Gasteiger partial charge on any atom is 0.0455 e. The predicted octanol–water partition coefficient (Wildman–Crippen LogP) is 9.09. The molecular weight excluding hydrogens is 326 g/mol. The Morgan fingerprint density at radius 3 is 1.78 bits per heavy atom. The largest absolute Gasteiger partial charge is 0.318 e. The van der Waals surface area contributed by atoms with Gasteiger partial charge in [-0.1, -0.05) is 111 Å². The van der Waals surface area contributed by atoms with Crippen LogP contribution in [0.4, 0.5) is 5.69 Å². The zero-order chi connectivity index (χ0) is 21.5. The second-order valence-corrected chi connectivity index (χ2v) is 5.05. The monoisotopic (exact) mass is 369 g/mol. The average Bonchev–Trinajstić information content (AvgIpc) is 2.72. The average molecular weight is 370 g/mol. The van der Waals surface area contributed by atoms with Crippen molar-refractivity contribution in [2.45, 2.75) is 68.2 Å². The van der Waals surface area contributed by atoms with Crippen molar-refractivity contribution in [2.24, 2.45) is 0 Å². The SMILES string of the molecule is C=C/C=C\C=C(/C)N(/C(=C/C=C)CC)c1ccccc1.CC.CC.CCC. The van der Waals surface area contributed by atoms with Crippen LogP contribution < -0.4 is 4.90 Å². The van der Waals surface area contributed by atoms with Crippen LogP contribution in [0.5, 0.6) is 0 Å². The molecule has 0 saturated heterocycles. The molecule has 0 spiro atoms. The molecule has 152 valence electrons. The van der Waals surface area contributed by atoms with Crippen molar-refractivity contribution in [2.75, 3.05) is 4.90 Å². The topological polar surface area (TPSA) is 3.24 Å². The van der Waals surface area contributed by atoms with E-state index in [1.165, 1.54) is 12.1 Å². The zero-order valence-electron chi connectivity index (χ0n) is 19.1. The lowest BCUT2D eigenvalue weighted by atomic mass is 10.2. The molecule has 0 saturated carbocycles. The van der Waals surface area contributed by atoms with Gasteiger partial charge < -0.3 is 4.90 Å². The fourth-order valence-corrected chi connectivity index (χ4v) is 2.01. The third-order valence-corrected chi connectivity index (χ3v) is 2.91. The molecule has 0 aliphatic carbocycles. The number of benzene rings is 1. The Labute approximate surface area is 170 Å². The third kappa shape index (κ3) is 14.6. The first-order valence-corrected chi connectivity index (χ1v) is 10.3. The van der Waals surface area contributed by atoms with Crippen molar-refractivity contribution in [3.05, 3.63) is 91.3 Å². The molecule has 1 rings (SSSR count). The lowest BCUT2D eigenvalue weighted by Crippen LogP contribution is -2.19. The predicted molar refractivity (Wildman–Crippen MR) is 129 cm³/mol. The van der Waals surface area contributed by atoms with Crippen molar-refractivity contribution in [1.29, 1.82) is 0 Å². The van der Waals surface area contributed by atoms with Gasteiger partial charge >= 0.3 is 0 Å². The van der Waals surface area contributed by atoms with Crippen molar-refractivity contribution >= 4 is 5.69 Å². The fraction of sp³-hybridized carbons (Fsp3) is 0.385. The van der Waals surface area contributed by atoms with E-state index in [1.807, 2.05) is 52.0 Å². The molecule has 0 aliphatic rings. The molecule has 1 aromatic carbocycles. The molecule has 0 fully saturated rings. The lowest BCUT2D eigenvalue weighted by Gasteiger charge is -2.27. The first-order valence-electron chi connectivity index (χ1n) is 10.3. The second kappa shape index (κ2) is 23.7. The Bertz CT molecular complexity index is 533. The number of hydrogen-bond acceptors (Lipinski definition) is 1. The summed E-state index contributed by atoms with van der Waals surface area (Å²) >= 11 is 0. The van der Waals surface area contributed by atoms with Crippen LogP contribution in [-0.2, 0) is 0 Å². The number of rotatable bonds is 7. The van der Waals surface area contributed by atoms with Gasteiger partial charge in [-0.3, -0.25) is 0 Å². The fourth-order valence-electron chi connectivity index (χ4n) is 2.01. The van der Waals surface area contributed by atoms with Gasteiger partial charge in [0.25, 0.3) is 0 Å². The number of allylic oxidation sites excluding steroid dienone is 8. The van der Waals surface area contributed by atoms with Crippen LogP contribution in [-0.4, -0.2) is 0 Å². The van der Waals surface area contributed by atoms with E-state index in [4.69, 9.17) is 0 Å². The normalized spacial score (nSPS) is 10.4. The number of hydrogen-bond donors (Lipinski definition) is 0. The minimum atomic E-state index is 0.942. The van der Waals surface area contributed by atoms with Gasteiger partial charge in [0.1, 0.15) is 0 Å². The first kappa shape index (κ1) is 29.5. The van der Waals surface area contributed by atoms with Crippen LogP contribution in [0.25, 0.3) is 0 Å². The van der Waals surface area contributed by atoms with Gasteiger partial charge in [0, 0.05) is 17.1 Å². The molecule has 1 heteroatoms. The van der Waals surface area contributed by atoms with E-state index in [0.29, 0.717) is 0 Å². The van der Waals surface area contributed by atoms with Gasteiger partial charge in [-0.05, 0) is 37.6 Å². The number of nitrogens with zero attached hydrogens (tertiary/aromatic N) is 1. The molecule has 0 N–H and O–H groups in total. The van der Waals surface area contributed by atoms with E-state index in [1.54, 1.807) is 6.08 Å². The molecule has 0 radical (unpaired) electrons. The van der Waals surface area contributed by atoms with E-state index in [2.05, 4.69) is 82.2 Å². The van der Waals surface area contributed by atoms with E-state index < -0.39 is 0 Å². The maximum atomic E-state index is 3.81. The Kier molecular flexibility index (Phi) is 25.9. The van der Waals surface area contributed by atoms with Crippen LogP contribution in [0.15, 0.2) is 91.3 Å². The van der Waals surface area contributed by atoms with Crippen molar-refractivity contribution in [3.8, 4) is 0 Å². The van der Waals surface area contributed by atoms with E-state index >= 15 is 0 Å². The standard InChI is InChI=1S/C19H23N.C3H8.2C2H6/c1-5-8-10-14-17(4)20(18(7-3)13-6-2)19-15-11-9-12-16-19;1-3-2;2*1-2/h5-6,8-16H,1-2,7H2,3-4H3;3H2,1-2H3;2*1-2H3/b10-8-,17-14+,18-13+;;;. The van der Waals surface area contributed by atoms with Gasteiger partial charge in [-0.15, -0.1) is 0 Å². The molecule has 27 heavy (non-hydrogen) atoms. The summed E-state index contributed by atoms with van der Waals surface area (Å²) in [6.45, 7) is 24.0. The second-order valence-electron chi connectivity index (χ2n) is 5.05. The summed E-state index contributed by atoms with van der Waals surface area (Å²) in [7, 11) is 0. The summed E-state index contributed by atoms with van der Waals surface area (Å²) in [6, 6.07) is 10.4. The molecule has 0 aliphatic heterocycles.